The molecule has 1 amide bonds. The molecule has 1 aliphatic heterocycles. The molecular weight excluding hydrogens is 542 g/mol. The lowest BCUT2D eigenvalue weighted by Crippen LogP contribution is -2.33. The normalized spacial score (nSPS) is 14.3. The van der Waals surface area contributed by atoms with Crippen molar-refractivity contribution < 1.29 is 19.4 Å². The van der Waals surface area contributed by atoms with Crippen LogP contribution in [0.5, 0.6) is 5.75 Å². The zero-order valence-corrected chi connectivity index (χ0v) is 22.2. The number of ether oxygens (including phenoxy) is 1. The number of thioether (sulfide) groups is 1. The minimum Gasteiger partial charge on any atom is -0.489 e. The molecule has 7 nitrogen and oxygen atoms in total. The highest BCUT2D eigenvalue weighted by Crippen LogP contribution is 2.35. The average Bonchev–Trinajstić information content (AvgIpc) is 3.45. The van der Waals surface area contributed by atoms with Gasteiger partial charge in [-0.3, -0.25) is 14.5 Å². The number of carboxylic acid groups (broad SMARTS) is 1. The molecule has 0 radical (unpaired) electrons. The first kappa shape index (κ1) is 25.7. The second-order valence-corrected chi connectivity index (χ2v) is 10.4. The van der Waals surface area contributed by atoms with Gasteiger partial charge in [0.05, 0.1) is 10.6 Å². The van der Waals surface area contributed by atoms with Gasteiger partial charge in [-0.05, 0) is 36.4 Å². The van der Waals surface area contributed by atoms with Gasteiger partial charge in [-0.15, -0.1) is 0 Å². The van der Waals surface area contributed by atoms with Crippen molar-refractivity contribution in [1.29, 1.82) is 0 Å². The van der Waals surface area contributed by atoms with Crippen LogP contribution in [0.2, 0.25) is 5.02 Å². The molecule has 0 spiro atoms. The summed E-state index contributed by atoms with van der Waals surface area (Å²) in [6.07, 6.45) is 3.52. The maximum Gasteiger partial charge on any atom is 0.323 e. The lowest BCUT2D eigenvalue weighted by Gasteiger charge is -2.10. The van der Waals surface area contributed by atoms with E-state index in [-0.39, 0.29) is 4.32 Å². The topological polar surface area (TPSA) is 84.7 Å². The summed E-state index contributed by atoms with van der Waals surface area (Å²) in [5.74, 6) is -0.943. The van der Waals surface area contributed by atoms with Gasteiger partial charge in [-0.25, -0.2) is 4.68 Å². The zero-order valence-electron chi connectivity index (χ0n) is 19.8. The van der Waals surface area contributed by atoms with Crippen LogP contribution in [0.1, 0.15) is 11.1 Å². The SMILES string of the molecule is O=C(O)CN1C(=O)C(=Cc2cn(-c3ccccc3)nc2-c2cccc(OCc3ccccc3Cl)c2)SC1=S. The molecule has 0 aliphatic carbocycles. The first-order valence-electron chi connectivity index (χ1n) is 11.5. The Balaban J connectivity index is 1.50. The van der Waals surface area contributed by atoms with E-state index in [1.807, 2.05) is 85.1 Å². The fourth-order valence-corrected chi connectivity index (χ4v) is 5.29. The summed E-state index contributed by atoms with van der Waals surface area (Å²) in [7, 11) is 0. The smallest absolute Gasteiger partial charge is 0.323 e. The molecule has 190 valence electrons. The minimum atomic E-state index is -1.13. The van der Waals surface area contributed by atoms with Gasteiger partial charge >= 0.3 is 5.97 Å². The standard InChI is InChI=1S/C28H20ClN3O4S2/c29-23-12-5-4-7-19(23)17-36-22-11-6-8-18(13-22)26-20(15-32(30-26)21-9-2-1-3-10-21)14-24-27(35)31(16-25(33)34)28(37)38-24/h1-15H,16-17H2,(H,33,34). The van der Waals surface area contributed by atoms with Crippen molar-refractivity contribution in [2.24, 2.45) is 0 Å². The van der Waals surface area contributed by atoms with Crippen LogP contribution in [0.3, 0.4) is 0 Å². The Morgan fingerprint density at radius 1 is 1.08 bits per heavy atom. The van der Waals surface area contributed by atoms with Crippen LogP contribution in [-0.4, -0.2) is 42.5 Å². The monoisotopic (exact) mass is 561 g/mol. The van der Waals surface area contributed by atoms with Gasteiger partial charge in [-0.2, -0.15) is 5.10 Å². The Labute approximate surface area is 233 Å². The molecule has 3 aromatic carbocycles. The number of aromatic nitrogens is 2. The van der Waals surface area contributed by atoms with Crippen LogP contribution in [-0.2, 0) is 16.2 Å². The molecule has 2 heterocycles. The number of carbonyl (C=O) groups excluding carboxylic acids is 1. The van der Waals surface area contributed by atoms with E-state index in [0.717, 1.165) is 33.5 Å². The van der Waals surface area contributed by atoms with Gasteiger partial charge in [0.15, 0.2) is 0 Å². The van der Waals surface area contributed by atoms with E-state index in [4.69, 9.17) is 38.8 Å². The van der Waals surface area contributed by atoms with Crippen molar-refractivity contribution in [3.63, 3.8) is 0 Å². The van der Waals surface area contributed by atoms with Crippen molar-refractivity contribution in [2.75, 3.05) is 6.54 Å². The highest BCUT2D eigenvalue weighted by molar-refractivity contribution is 8.26. The van der Waals surface area contributed by atoms with Gasteiger partial charge < -0.3 is 9.84 Å². The molecule has 38 heavy (non-hydrogen) atoms. The van der Waals surface area contributed by atoms with Gasteiger partial charge in [0, 0.05) is 27.9 Å². The number of hydrogen-bond donors (Lipinski definition) is 1. The van der Waals surface area contributed by atoms with Gasteiger partial charge in [0.2, 0.25) is 0 Å². The van der Waals surface area contributed by atoms with Crippen molar-refractivity contribution in [3.8, 4) is 22.7 Å². The number of para-hydroxylation sites is 1. The van der Waals surface area contributed by atoms with Gasteiger partial charge in [0.25, 0.3) is 5.91 Å². The molecule has 0 unspecified atom stereocenters. The Kier molecular flexibility index (Phi) is 7.59. The summed E-state index contributed by atoms with van der Waals surface area (Å²) in [6.45, 7) is -0.177. The molecule has 1 N–H and O–H groups in total. The molecule has 1 aliphatic rings. The largest absolute Gasteiger partial charge is 0.489 e. The molecule has 1 fully saturated rings. The summed E-state index contributed by atoms with van der Waals surface area (Å²) in [6, 6.07) is 24.6. The van der Waals surface area contributed by atoms with Crippen LogP contribution in [0.4, 0.5) is 0 Å². The molecule has 5 rings (SSSR count). The average molecular weight is 562 g/mol. The molecule has 1 saturated heterocycles. The number of halogens is 1. The highest BCUT2D eigenvalue weighted by atomic mass is 35.5. The summed E-state index contributed by atoms with van der Waals surface area (Å²) < 4.78 is 7.95. The van der Waals surface area contributed by atoms with E-state index in [1.54, 1.807) is 10.8 Å². The Bertz CT molecular complexity index is 1570. The number of benzene rings is 3. The first-order chi connectivity index (χ1) is 18.4. The predicted molar refractivity (Wildman–Crippen MR) is 152 cm³/mol. The van der Waals surface area contributed by atoms with Crippen LogP contribution < -0.4 is 4.74 Å². The number of nitrogens with zero attached hydrogens (tertiary/aromatic N) is 3. The Morgan fingerprint density at radius 2 is 1.84 bits per heavy atom. The Morgan fingerprint density at radius 3 is 2.61 bits per heavy atom. The molecule has 0 bridgehead atoms. The molecule has 0 saturated carbocycles. The van der Waals surface area contributed by atoms with Gasteiger partial charge in [0.1, 0.15) is 28.9 Å². The lowest BCUT2D eigenvalue weighted by molar-refractivity contribution is -0.140. The number of carboxylic acids is 1. The summed E-state index contributed by atoms with van der Waals surface area (Å²) >= 11 is 12.6. The zero-order chi connectivity index (χ0) is 26.6. The fraction of sp³-hybridized carbons (Fsp3) is 0.0714. The van der Waals surface area contributed by atoms with Crippen LogP contribution in [0.15, 0.2) is 90.0 Å². The van der Waals surface area contributed by atoms with Crippen molar-refractivity contribution in [1.82, 2.24) is 14.7 Å². The second-order valence-electron chi connectivity index (χ2n) is 8.28. The van der Waals surface area contributed by atoms with E-state index >= 15 is 0 Å². The third-order valence-corrected chi connectivity index (χ3v) is 7.42. The molecule has 1 aromatic heterocycles. The summed E-state index contributed by atoms with van der Waals surface area (Å²) in [5, 5.41) is 14.6. The minimum absolute atomic E-state index is 0.204. The maximum atomic E-state index is 12.9. The quantitative estimate of drug-likeness (QED) is 0.207. The van der Waals surface area contributed by atoms with Crippen LogP contribution in [0, 0.1) is 0 Å². The van der Waals surface area contributed by atoms with Crippen LogP contribution >= 0.6 is 35.6 Å². The van der Waals surface area contributed by atoms with Crippen molar-refractivity contribution in [3.05, 3.63) is 106 Å². The maximum absolute atomic E-state index is 12.9. The third-order valence-electron chi connectivity index (χ3n) is 5.68. The number of thiocarbonyl (C=S) groups is 1. The van der Waals surface area contributed by atoms with E-state index in [2.05, 4.69) is 0 Å². The summed E-state index contributed by atoms with van der Waals surface area (Å²) in [4.78, 5) is 25.5. The molecule has 4 aromatic rings. The second kappa shape index (κ2) is 11.2. The molecule has 0 atom stereocenters. The van der Waals surface area contributed by atoms with E-state index < -0.39 is 18.4 Å². The number of hydrogen-bond acceptors (Lipinski definition) is 6. The molecule has 10 heteroatoms. The van der Waals surface area contributed by atoms with Gasteiger partial charge in [-0.1, -0.05) is 84.1 Å². The van der Waals surface area contributed by atoms with E-state index in [1.165, 1.54) is 0 Å². The van der Waals surface area contributed by atoms with Crippen molar-refractivity contribution >= 4 is 57.9 Å². The summed E-state index contributed by atoms with van der Waals surface area (Å²) in [5.41, 5.74) is 3.80. The number of rotatable bonds is 8. The number of carbonyl (C=O) groups is 2. The lowest BCUT2D eigenvalue weighted by atomic mass is 10.1. The van der Waals surface area contributed by atoms with E-state index in [9.17, 15) is 9.59 Å². The number of aliphatic carboxylic acids is 1. The fourth-order valence-electron chi connectivity index (χ4n) is 3.85. The van der Waals surface area contributed by atoms with Crippen LogP contribution in [0.25, 0.3) is 23.0 Å². The predicted octanol–water partition coefficient (Wildman–Crippen LogP) is 6.06. The third kappa shape index (κ3) is 5.65. The first-order valence-corrected chi connectivity index (χ1v) is 13.1. The van der Waals surface area contributed by atoms with Crippen molar-refractivity contribution in [2.45, 2.75) is 6.61 Å². The Hall–Kier alpha value is -3.92. The van der Waals surface area contributed by atoms with E-state index in [0.29, 0.717) is 33.5 Å². The molecular formula is C28H20ClN3O4S2. The number of amides is 1. The highest BCUT2D eigenvalue weighted by Gasteiger charge is 2.33.